The van der Waals surface area contributed by atoms with Crippen molar-refractivity contribution in [2.24, 2.45) is 0 Å². The number of carbonyl (C=O) groups is 2. The molecule has 66 heavy (non-hydrogen) atoms. The van der Waals surface area contributed by atoms with Gasteiger partial charge < -0.3 is 20.3 Å². The van der Waals surface area contributed by atoms with Crippen LogP contribution in [0.15, 0.2) is 12.2 Å². The van der Waals surface area contributed by atoms with Crippen molar-refractivity contribution in [1.29, 1.82) is 0 Å². The Bertz CT molecular complexity index is 986. The van der Waals surface area contributed by atoms with Crippen LogP contribution in [0.3, 0.4) is 0 Å². The highest BCUT2D eigenvalue weighted by molar-refractivity contribution is 5.76. The Morgan fingerprint density at radius 3 is 1.09 bits per heavy atom. The quantitative estimate of drug-likeness (QED) is 0.0321. The molecule has 0 spiro atoms. The van der Waals surface area contributed by atoms with Crippen molar-refractivity contribution in [2.75, 3.05) is 13.2 Å². The van der Waals surface area contributed by atoms with Crippen LogP contribution in [0, 0.1) is 0 Å². The van der Waals surface area contributed by atoms with E-state index in [-0.39, 0.29) is 18.5 Å². The molecule has 1 amide bonds. The van der Waals surface area contributed by atoms with Crippen LogP contribution in [0.5, 0.6) is 0 Å². The summed E-state index contributed by atoms with van der Waals surface area (Å²) in [5, 5.41) is 23.3. The lowest BCUT2D eigenvalue weighted by Gasteiger charge is -2.22. The highest BCUT2D eigenvalue weighted by Crippen LogP contribution is 2.18. The van der Waals surface area contributed by atoms with Crippen LogP contribution in [-0.4, -0.2) is 47.4 Å². The first-order valence-corrected chi connectivity index (χ1v) is 29.9. The van der Waals surface area contributed by atoms with Gasteiger partial charge in [0.05, 0.1) is 25.4 Å². The van der Waals surface area contributed by atoms with Gasteiger partial charge in [0.25, 0.3) is 0 Å². The summed E-state index contributed by atoms with van der Waals surface area (Å²) in [6, 6.07) is -0.545. The van der Waals surface area contributed by atoms with Crippen LogP contribution in [0.25, 0.3) is 0 Å². The molecule has 0 aromatic carbocycles. The van der Waals surface area contributed by atoms with Gasteiger partial charge in [-0.25, -0.2) is 0 Å². The number of nitrogens with one attached hydrogen (secondary N) is 1. The summed E-state index contributed by atoms with van der Waals surface area (Å²) in [7, 11) is 0. The van der Waals surface area contributed by atoms with E-state index in [0.29, 0.717) is 25.9 Å². The van der Waals surface area contributed by atoms with Crippen molar-refractivity contribution >= 4 is 11.9 Å². The number of amides is 1. The molecule has 0 aliphatic heterocycles. The van der Waals surface area contributed by atoms with Gasteiger partial charge in [-0.05, 0) is 51.4 Å². The lowest BCUT2D eigenvalue weighted by Crippen LogP contribution is -2.45. The molecule has 2 atom stereocenters. The Morgan fingerprint density at radius 1 is 0.409 bits per heavy atom. The molecule has 0 saturated carbocycles. The minimum absolute atomic E-state index is 0.00305. The average Bonchev–Trinajstić information content (AvgIpc) is 3.32. The molecule has 0 radical (unpaired) electrons. The molecule has 0 saturated heterocycles. The summed E-state index contributed by atoms with van der Waals surface area (Å²) < 4.78 is 5.47. The maximum Gasteiger partial charge on any atom is 0.305 e. The predicted molar refractivity (Wildman–Crippen MR) is 287 cm³/mol. The van der Waals surface area contributed by atoms with Crippen LogP contribution >= 0.6 is 0 Å². The van der Waals surface area contributed by atoms with Crippen molar-refractivity contribution in [2.45, 2.75) is 347 Å². The van der Waals surface area contributed by atoms with Gasteiger partial charge in [0.2, 0.25) is 5.91 Å². The molecule has 0 aliphatic carbocycles. The fourth-order valence-electron chi connectivity index (χ4n) is 9.46. The van der Waals surface area contributed by atoms with E-state index in [0.717, 1.165) is 44.9 Å². The highest BCUT2D eigenvalue weighted by atomic mass is 16.5. The van der Waals surface area contributed by atoms with E-state index in [1.807, 2.05) is 0 Å². The smallest absolute Gasteiger partial charge is 0.305 e. The zero-order valence-corrected chi connectivity index (χ0v) is 44.7. The molecule has 0 rings (SSSR count). The van der Waals surface area contributed by atoms with Gasteiger partial charge in [0.1, 0.15) is 0 Å². The number of unbranched alkanes of at least 4 members (excludes halogenated alkanes) is 43. The number of ether oxygens (including phenoxy) is 1. The van der Waals surface area contributed by atoms with Crippen LogP contribution in [0.2, 0.25) is 0 Å². The molecule has 6 heteroatoms. The molecule has 2 unspecified atom stereocenters. The fraction of sp³-hybridized carbons (Fsp3) is 0.933. The van der Waals surface area contributed by atoms with Crippen LogP contribution in [-0.2, 0) is 14.3 Å². The lowest BCUT2D eigenvalue weighted by atomic mass is 10.0. The predicted octanol–water partition coefficient (Wildman–Crippen LogP) is 18.5. The van der Waals surface area contributed by atoms with Crippen molar-refractivity contribution in [3.63, 3.8) is 0 Å². The van der Waals surface area contributed by atoms with Gasteiger partial charge in [-0.3, -0.25) is 9.59 Å². The van der Waals surface area contributed by atoms with Gasteiger partial charge in [-0.2, -0.15) is 0 Å². The summed E-state index contributed by atoms with van der Waals surface area (Å²) in [4.78, 5) is 24.5. The van der Waals surface area contributed by atoms with Crippen molar-refractivity contribution in [3.05, 3.63) is 12.2 Å². The maximum atomic E-state index is 12.5. The Hall–Kier alpha value is -1.40. The third-order valence-corrected chi connectivity index (χ3v) is 14.1. The molecule has 392 valence electrons. The van der Waals surface area contributed by atoms with Crippen LogP contribution in [0.1, 0.15) is 335 Å². The van der Waals surface area contributed by atoms with Crippen molar-refractivity contribution < 1.29 is 24.5 Å². The number of hydrogen-bond donors (Lipinski definition) is 3. The minimum Gasteiger partial charge on any atom is -0.466 e. The van der Waals surface area contributed by atoms with Crippen LogP contribution < -0.4 is 5.32 Å². The van der Waals surface area contributed by atoms with E-state index in [9.17, 15) is 19.8 Å². The molecule has 0 aliphatic rings. The molecule has 0 bridgehead atoms. The number of esters is 1. The Morgan fingerprint density at radius 2 is 0.712 bits per heavy atom. The Kier molecular flexibility index (Phi) is 55.0. The summed E-state index contributed by atoms with van der Waals surface area (Å²) in [6.07, 6.45) is 66.3. The van der Waals surface area contributed by atoms with E-state index in [2.05, 4.69) is 31.3 Å². The largest absolute Gasteiger partial charge is 0.466 e. The summed E-state index contributed by atoms with van der Waals surface area (Å²) >= 11 is 0. The first-order chi connectivity index (χ1) is 32.5. The second kappa shape index (κ2) is 56.2. The van der Waals surface area contributed by atoms with Crippen molar-refractivity contribution in [3.8, 4) is 0 Å². The number of rotatable bonds is 56. The van der Waals surface area contributed by atoms with Crippen LogP contribution in [0.4, 0.5) is 0 Å². The molecule has 0 heterocycles. The monoisotopic (exact) mass is 932 g/mol. The van der Waals surface area contributed by atoms with E-state index in [1.54, 1.807) is 0 Å². The normalized spacial score (nSPS) is 12.6. The summed E-state index contributed by atoms with van der Waals surface area (Å²) in [5.74, 6) is -0.0402. The number of aliphatic hydroxyl groups excluding tert-OH is 2. The SMILES string of the molecule is CCCCCC/C=C\CCCCCCCC(=O)OCCCCCCCCCCCCCCCCCCCC(=O)NC(CO)C(O)CCCCCCCCCCCCCCCCCCCCC. The van der Waals surface area contributed by atoms with Crippen molar-refractivity contribution in [1.82, 2.24) is 5.32 Å². The zero-order valence-electron chi connectivity index (χ0n) is 44.7. The molecule has 6 nitrogen and oxygen atoms in total. The van der Waals surface area contributed by atoms with E-state index in [4.69, 9.17) is 4.74 Å². The standard InChI is InChI=1S/C60H117NO5/c1-3-5-7-9-11-13-15-17-18-19-20-22-25-29-32-36-40-44-48-52-58(63)57(56-62)61-59(64)53-49-45-41-37-33-30-26-23-21-24-27-31-35-39-43-47-51-55-66-60(65)54-50-46-42-38-34-28-16-14-12-10-8-6-4-2/h14,16,57-58,62-63H,3-13,15,17-56H2,1-2H3,(H,61,64)/b16-14-. The highest BCUT2D eigenvalue weighted by Gasteiger charge is 2.20. The van der Waals surface area contributed by atoms with Gasteiger partial charge >= 0.3 is 5.97 Å². The summed E-state index contributed by atoms with van der Waals surface area (Å²) in [5.41, 5.74) is 0. The molecular formula is C60H117NO5. The summed E-state index contributed by atoms with van der Waals surface area (Å²) in [6.45, 7) is 4.95. The number of carbonyl (C=O) groups excluding carboxylic acids is 2. The zero-order chi connectivity index (χ0) is 47.9. The molecule has 3 N–H and O–H groups in total. The van der Waals surface area contributed by atoms with Gasteiger partial charge in [-0.1, -0.05) is 283 Å². The second-order valence-electron chi connectivity index (χ2n) is 20.7. The van der Waals surface area contributed by atoms with Gasteiger partial charge in [-0.15, -0.1) is 0 Å². The maximum absolute atomic E-state index is 12.5. The third kappa shape index (κ3) is 52.0. The van der Waals surface area contributed by atoms with E-state index in [1.165, 1.54) is 257 Å². The molecule has 0 aromatic rings. The number of aliphatic hydroxyl groups is 2. The molecule has 0 aromatic heterocycles. The lowest BCUT2D eigenvalue weighted by molar-refractivity contribution is -0.143. The third-order valence-electron chi connectivity index (χ3n) is 14.1. The first-order valence-electron chi connectivity index (χ1n) is 29.9. The molecular weight excluding hydrogens is 815 g/mol. The van der Waals surface area contributed by atoms with Gasteiger partial charge in [0, 0.05) is 12.8 Å². The molecule has 0 fully saturated rings. The second-order valence-corrected chi connectivity index (χ2v) is 20.7. The van der Waals surface area contributed by atoms with Gasteiger partial charge in [0.15, 0.2) is 0 Å². The Labute approximate surface area is 412 Å². The Balaban J connectivity index is 3.42. The minimum atomic E-state index is -0.668. The fourth-order valence-corrected chi connectivity index (χ4v) is 9.46. The topological polar surface area (TPSA) is 95.9 Å². The average molecular weight is 933 g/mol. The first kappa shape index (κ1) is 64.6. The number of allylic oxidation sites excluding steroid dienone is 2. The van der Waals surface area contributed by atoms with E-state index < -0.39 is 12.1 Å². The van der Waals surface area contributed by atoms with E-state index >= 15 is 0 Å². The number of hydrogen-bond acceptors (Lipinski definition) is 5.